The second-order valence-electron chi connectivity index (χ2n) is 7.00. The van der Waals surface area contributed by atoms with Crippen molar-refractivity contribution in [1.29, 1.82) is 0 Å². The average molecular weight is 345 g/mol. The van der Waals surface area contributed by atoms with Crippen molar-refractivity contribution in [1.82, 2.24) is 4.98 Å². The molecule has 2 aromatic carbocycles. The maximum absolute atomic E-state index is 13.1. The van der Waals surface area contributed by atoms with Crippen LogP contribution < -0.4 is 9.80 Å². The molecular weight excluding hydrogens is 326 g/mol. The predicted molar refractivity (Wildman–Crippen MR) is 101 cm³/mol. The van der Waals surface area contributed by atoms with Crippen LogP contribution in [0, 0.1) is 0 Å². The number of carbonyl (C=O) groups is 2. The molecule has 2 amide bonds. The van der Waals surface area contributed by atoms with Gasteiger partial charge in [-0.1, -0.05) is 30.3 Å². The number of hydrogen-bond donors (Lipinski definition) is 1. The maximum atomic E-state index is 13.1. The number of nitrogens with zero attached hydrogens (tertiary/aromatic N) is 2. The number of aromatic nitrogens is 1. The predicted octanol–water partition coefficient (Wildman–Crippen LogP) is 3.25. The molecule has 5 nitrogen and oxygen atoms in total. The monoisotopic (exact) mass is 345 g/mol. The van der Waals surface area contributed by atoms with E-state index in [4.69, 9.17) is 0 Å². The van der Waals surface area contributed by atoms with Crippen molar-refractivity contribution in [2.45, 2.75) is 25.3 Å². The lowest BCUT2D eigenvalue weighted by molar-refractivity contribution is -0.122. The van der Waals surface area contributed by atoms with Crippen molar-refractivity contribution < 1.29 is 9.59 Å². The van der Waals surface area contributed by atoms with Crippen LogP contribution in [0.25, 0.3) is 10.9 Å². The highest BCUT2D eigenvalue weighted by atomic mass is 16.2. The molecule has 5 heteroatoms. The minimum absolute atomic E-state index is 0.0125. The van der Waals surface area contributed by atoms with Gasteiger partial charge in [0, 0.05) is 23.1 Å². The molecule has 0 saturated heterocycles. The summed E-state index contributed by atoms with van der Waals surface area (Å²) in [4.78, 5) is 32.5. The van der Waals surface area contributed by atoms with Crippen molar-refractivity contribution in [3.8, 4) is 0 Å². The fourth-order valence-corrected chi connectivity index (χ4v) is 3.82. The summed E-state index contributed by atoms with van der Waals surface area (Å²) < 4.78 is 0. The molecule has 0 spiro atoms. The zero-order valence-electron chi connectivity index (χ0n) is 14.3. The van der Waals surface area contributed by atoms with Gasteiger partial charge >= 0.3 is 0 Å². The van der Waals surface area contributed by atoms with Crippen LogP contribution in [-0.4, -0.2) is 29.4 Å². The molecular formula is C21H19N3O2. The Hall–Kier alpha value is -3.08. The van der Waals surface area contributed by atoms with Gasteiger partial charge in [0.05, 0.1) is 17.8 Å². The molecule has 130 valence electrons. The molecule has 26 heavy (non-hydrogen) atoms. The molecule has 1 aliphatic heterocycles. The number of fused-ring (bicyclic) bond motifs is 2. The van der Waals surface area contributed by atoms with Crippen molar-refractivity contribution in [2.24, 2.45) is 0 Å². The molecule has 2 aliphatic rings. The molecule has 0 radical (unpaired) electrons. The lowest BCUT2D eigenvalue weighted by atomic mass is 10.1. The van der Waals surface area contributed by atoms with Gasteiger partial charge in [0.25, 0.3) is 0 Å². The van der Waals surface area contributed by atoms with E-state index in [2.05, 4.69) is 4.98 Å². The first-order chi connectivity index (χ1) is 12.7. The Balaban J connectivity index is 1.48. The van der Waals surface area contributed by atoms with Gasteiger partial charge < -0.3 is 14.8 Å². The van der Waals surface area contributed by atoms with Crippen LogP contribution in [0.4, 0.5) is 11.4 Å². The first-order valence-corrected chi connectivity index (χ1v) is 8.99. The molecule has 5 rings (SSSR count). The summed E-state index contributed by atoms with van der Waals surface area (Å²) in [6.07, 6.45) is 4.25. The maximum Gasteiger partial charge on any atom is 0.247 e. The second kappa shape index (κ2) is 5.73. The van der Waals surface area contributed by atoms with E-state index in [-0.39, 0.29) is 24.8 Å². The number of para-hydroxylation sites is 3. The van der Waals surface area contributed by atoms with Crippen LogP contribution in [0.15, 0.2) is 54.7 Å². The van der Waals surface area contributed by atoms with E-state index in [1.54, 1.807) is 4.90 Å². The van der Waals surface area contributed by atoms with E-state index >= 15 is 0 Å². The van der Waals surface area contributed by atoms with Gasteiger partial charge in [-0.15, -0.1) is 0 Å². The Kier molecular flexibility index (Phi) is 3.35. The number of amides is 2. The summed E-state index contributed by atoms with van der Waals surface area (Å²) in [5, 5.41) is 1.05. The zero-order chi connectivity index (χ0) is 17.7. The third-order valence-electron chi connectivity index (χ3n) is 5.22. The van der Waals surface area contributed by atoms with E-state index in [0.717, 1.165) is 40.7 Å². The van der Waals surface area contributed by atoms with Crippen LogP contribution in [-0.2, 0) is 16.0 Å². The van der Waals surface area contributed by atoms with E-state index in [0.29, 0.717) is 6.04 Å². The molecule has 3 aromatic rings. The third-order valence-corrected chi connectivity index (χ3v) is 5.22. The molecule has 0 bridgehead atoms. The minimum Gasteiger partial charge on any atom is -0.361 e. The van der Waals surface area contributed by atoms with Crippen molar-refractivity contribution in [3.63, 3.8) is 0 Å². The first-order valence-electron chi connectivity index (χ1n) is 8.99. The largest absolute Gasteiger partial charge is 0.361 e. The normalized spacial score (nSPS) is 16.8. The van der Waals surface area contributed by atoms with E-state index < -0.39 is 0 Å². The molecule has 0 atom stereocenters. The summed E-state index contributed by atoms with van der Waals surface area (Å²) in [5.74, 6) is -0.0375. The number of hydrogen-bond acceptors (Lipinski definition) is 2. The fourth-order valence-electron chi connectivity index (χ4n) is 3.82. The number of carbonyl (C=O) groups excluding carboxylic acids is 2. The highest BCUT2D eigenvalue weighted by Crippen LogP contribution is 2.40. The van der Waals surface area contributed by atoms with Gasteiger partial charge in [0.1, 0.15) is 6.54 Å². The third kappa shape index (κ3) is 2.39. The van der Waals surface area contributed by atoms with Crippen LogP contribution >= 0.6 is 0 Å². The van der Waals surface area contributed by atoms with Gasteiger partial charge in [-0.2, -0.15) is 0 Å². The summed E-state index contributed by atoms with van der Waals surface area (Å²) in [6, 6.07) is 16.0. The standard InChI is InChI=1S/C21H19N3O2/c25-20(11-14-12-22-17-6-2-1-5-16(14)17)23-13-21(26)24(15-9-10-15)19-8-4-3-7-18(19)23/h1-8,12,15,22H,9-11,13H2. The lowest BCUT2D eigenvalue weighted by Gasteiger charge is -2.36. The van der Waals surface area contributed by atoms with Crippen LogP contribution in [0.2, 0.25) is 0 Å². The smallest absolute Gasteiger partial charge is 0.247 e. The number of H-pyrrole nitrogens is 1. The Morgan fingerprint density at radius 1 is 1.04 bits per heavy atom. The van der Waals surface area contributed by atoms with E-state index in [9.17, 15) is 9.59 Å². The van der Waals surface area contributed by atoms with Gasteiger partial charge in [0.2, 0.25) is 11.8 Å². The van der Waals surface area contributed by atoms with E-state index in [1.807, 2.05) is 59.6 Å². The number of aromatic amines is 1. The summed E-state index contributed by atoms with van der Waals surface area (Å²) in [6.45, 7) is 0.120. The Morgan fingerprint density at radius 3 is 2.58 bits per heavy atom. The van der Waals surface area contributed by atoms with Crippen molar-refractivity contribution >= 4 is 34.1 Å². The summed E-state index contributed by atoms with van der Waals surface area (Å²) in [7, 11) is 0. The fraction of sp³-hybridized carbons (Fsp3) is 0.238. The minimum atomic E-state index is -0.0500. The number of anilines is 2. The van der Waals surface area contributed by atoms with Gasteiger partial charge in [-0.25, -0.2) is 0 Å². The highest BCUT2D eigenvalue weighted by molar-refractivity contribution is 6.12. The Labute approximate surface area is 151 Å². The number of benzene rings is 2. The topological polar surface area (TPSA) is 56.4 Å². The number of rotatable bonds is 3. The van der Waals surface area contributed by atoms with Crippen LogP contribution in [0.1, 0.15) is 18.4 Å². The quantitative estimate of drug-likeness (QED) is 0.792. The molecule has 0 unspecified atom stereocenters. The summed E-state index contributed by atoms with van der Waals surface area (Å²) in [5.41, 5.74) is 3.67. The average Bonchev–Trinajstić information content (AvgIpc) is 3.42. The van der Waals surface area contributed by atoms with Crippen molar-refractivity contribution in [3.05, 3.63) is 60.3 Å². The molecule has 2 heterocycles. The second-order valence-corrected chi connectivity index (χ2v) is 7.00. The highest BCUT2D eigenvalue weighted by Gasteiger charge is 2.40. The zero-order valence-corrected chi connectivity index (χ0v) is 14.3. The molecule has 1 saturated carbocycles. The first kappa shape index (κ1) is 15.2. The van der Waals surface area contributed by atoms with E-state index in [1.165, 1.54) is 0 Å². The molecule has 1 aliphatic carbocycles. The van der Waals surface area contributed by atoms with Crippen LogP contribution in [0.3, 0.4) is 0 Å². The number of nitrogens with one attached hydrogen (secondary N) is 1. The van der Waals surface area contributed by atoms with Crippen molar-refractivity contribution in [2.75, 3.05) is 16.3 Å². The molecule has 1 fully saturated rings. The van der Waals surface area contributed by atoms with Crippen LogP contribution in [0.5, 0.6) is 0 Å². The lowest BCUT2D eigenvalue weighted by Crippen LogP contribution is -2.49. The van der Waals surface area contributed by atoms with Gasteiger partial charge in [0.15, 0.2) is 0 Å². The Morgan fingerprint density at radius 2 is 1.77 bits per heavy atom. The Bertz CT molecular complexity index is 1020. The SMILES string of the molecule is O=C(Cc1c[nH]c2ccccc12)N1CC(=O)N(C2CC2)c2ccccc21. The summed E-state index contributed by atoms with van der Waals surface area (Å²) >= 11 is 0. The van der Waals surface area contributed by atoms with Gasteiger partial charge in [-0.05, 0) is 36.6 Å². The molecule has 1 aromatic heterocycles. The van der Waals surface area contributed by atoms with Gasteiger partial charge in [-0.3, -0.25) is 9.59 Å². The molecule has 1 N–H and O–H groups in total.